The van der Waals surface area contributed by atoms with Crippen molar-refractivity contribution in [1.82, 2.24) is 20.0 Å². The molecule has 0 unspecified atom stereocenters. The molecule has 2 saturated heterocycles. The van der Waals surface area contributed by atoms with Crippen LogP contribution >= 0.6 is 0 Å². The Morgan fingerprint density at radius 1 is 0.909 bits per heavy atom. The van der Waals surface area contributed by atoms with Crippen molar-refractivity contribution in [1.29, 1.82) is 0 Å². The van der Waals surface area contributed by atoms with Crippen molar-refractivity contribution in [2.75, 3.05) is 32.7 Å². The molecule has 0 spiro atoms. The van der Waals surface area contributed by atoms with E-state index in [-0.39, 0.29) is 30.4 Å². The molecule has 7 heteroatoms. The van der Waals surface area contributed by atoms with Gasteiger partial charge in [-0.3, -0.25) is 19.4 Å². The second-order valence-corrected chi connectivity index (χ2v) is 9.26. The molecule has 2 aliphatic rings. The maximum absolute atomic E-state index is 12.8. The van der Waals surface area contributed by atoms with Crippen molar-refractivity contribution in [3.05, 3.63) is 71.8 Å². The van der Waals surface area contributed by atoms with Gasteiger partial charge >= 0.3 is 6.03 Å². The smallest absolute Gasteiger partial charge is 0.325 e. The fourth-order valence-electron chi connectivity index (χ4n) is 4.68. The first-order valence-corrected chi connectivity index (χ1v) is 11.6. The van der Waals surface area contributed by atoms with Crippen LogP contribution < -0.4 is 5.32 Å². The van der Waals surface area contributed by atoms with Crippen LogP contribution in [0.4, 0.5) is 4.79 Å². The third-order valence-corrected chi connectivity index (χ3v) is 6.48. The average molecular weight is 449 g/mol. The summed E-state index contributed by atoms with van der Waals surface area (Å²) < 4.78 is 0. The number of benzene rings is 2. The molecule has 33 heavy (non-hydrogen) atoms. The van der Waals surface area contributed by atoms with Crippen molar-refractivity contribution in [3.8, 4) is 0 Å². The minimum absolute atomic E-state index is 0.0805. The molecule has 0 atom stereocenters. The van der Waals surface area contributed by atoms with Crippen molar-refractivity contribution in [2.24, 2.45) is 0 Å². The normalized spacial score (nSPS) is 18.6. The standard InChI is InChI=1S/C26H32N4O3/c1-26(2)24(32)30(25(33)27-26)15-9-14-22(31)28-16-18-29(19-17-28)23(20-10-5-3-6-11-20)21-12-7-4-8-13-21/h3-8,10-13,23H,9,14-19H2,1-2H3,(H,27,33). The van der Waals surface area contributed by atoms with E-state index in [2.05, 4.69) is 58.7 Å². The van der Waals surface area contributed by atoms with Crippen LogP contribution in [-0.4, -0.2) is 70.8 Å². The first-order valence-electron chi connectivity index (χ1n) is 11.6. The summed E-state index contributed by atoms with van der Waals surface area (Å²) in [7, 11) is 0. The number of nitrogens with one attached hydrogen (secondary N) is 1. The highest BCUT2D eigenvalue weighted by molar-refractivity contribution is 6.06. The Morgan fingerprint density at radius 2 is 1.45 bits per heavy atom. The van der Waals surface area contributed by atoms with Gasteiger partial charge in [0.25, 0.3) is 5.91 Å². The molecule has 2 fully saturated rings. The van der Waals surface area contributed by atoms with Gasteiger partial charge in [-0.15, -0.1) is 0 Å². The Labute approximate surface area is 195 Å². The van der Waals surface area contributed by atoms with Gasteiger partial charge in [0.05, 0.1) is 6.04 Å². The Morgan fingerprint density at radius 3 is 1.94 bits per heavy atom. The van der Waals surface area contributed by atoms with E-state index in [0.29, 0.717) is 25.9 Å². The second-order valence-electron chi connectivity index (χ2n) is 9.26. The predicted molar refractivity (Wildman–Crippen MR) is 126 cm³/mol. The molecular weight excluding hydrogens is 416 g/mol. The second kappa shape index (κ2) is 9.75. The number of nitrogens with zero attached hydrogens (tertiary/aromatic N) is 3. The summed E-state index contributed by atoms with van der Waals surface area (Å²) in [5.74, 6) is -0.154. The first-order chi connectivity index (χ1) is 15.9. The molecule has 1 N–H and O–H groups in total. The number of amides is 4. The summed E-state index contributed by atoms with van der Waals surface area (Å²) in [4.78, 5) is 42.6. The SMILES string of the molecule is CC1(C)NC(=O)N(CCCC(=O)N2CCN(C(c3ccccc3)c3ccccc3)CC2)C1=O. The Balaban J connectivity index is 1.32. The van der Waals surface area contributed by atoms with Crippen LogP contribution in [0.1, 0.15) is 43.9 Å². The molecule has 174 valence electrons. The van der Waals surface area contributed by atoms with E-state index < -0.39 is 5.54 Å². The molecule has 7 nitrogen and oxygen atoms in total. The maximum atomic E-state index is 12.8. The van der Waals surface area contributed by atoms with Gasteiger partial charge in [-0.25, -0.2) is 4.79 Å². The number of hydrogen-bond acceptors (Lipinski definition) is 4. The number of carbonyl (C=O) groups is 3. The lowest BCUT2D eigenvalue weighted by Crippen LogP contribution is -2.50. The summed E-state index contributed by atoms with van der Waals surface area (Å²) in [5, 5.41) is 2.67. The van der Waals surface area contributed by atoms with Crippen LogP contribution in [0.5, 0.6) is 0 Å². The lowest BCUT2D eigenvalue weighted by molar-refractivity contribution is -0.134. The first kappa shape index (κ1) is 23.0. The lowest BCUT2D eigenvalue weighted by Gasteiger charge is -2.40. The van der Waals surface area contributed by atoms with Gasteiger partial charge in [-0.2, -0.15) is 0 Å². The number of piperazine rings is 1. The predicted octanol–water partition coefficient (Wildman–Crippen LogP) is 3.03. The van der Waals surface area contributed by atoms with Crippen LogP contribution in [0, 0.1) is 0 Å². The van der Waals surface area contributed by atoms with E-state index in [1.165, 1.54) is 16.0 Å². The number of imide groups is 1. The number of rotatable bonds is 7. The quantitative estimate of drug-likeness (QED) is 0.661. The van der Waals surface area contributed by atoms with Crippen LogP contribution in [0.15, 0.2) is 60.7 Å². The fourth-order valence-corrected chi connectivity index (χ4v) is 4.68. The van der Waals surface area contributed by atoms with Crippen LogP contribution in [-0.2, 0) is 9.59 Å². The molecule has 0 aromatic heterocycles. The molecule has 2 aromatic carbocycles. The highest BCUT2D eigenvalue weighted by Gasteiger charge is 2.43. The third-order valence-electron chi connectivity index (χ3n) is 6.48. The van der Waals surface area contributed by atoms with Gasteiger partial charge < -0.3 is 10.2 Å². The zero-order valence-corrected chi connectivity index (χ0v) is 19.4. The molecule has 0 radical (unpaired) electrons. The van der Waals surface area contributed by atoms with Gasteiger partial charge in [0.15, 0.2) is 0 Å². The van der Waals surface area contributed by atoms with E-state index in [1.54, 1.807) is 13.8 Å². The van der Waals surface area contributed by atoms with Crippen molar-refractivity contribution >= 4 is 17.8 Å². The molecule has 2 aliphatic heterocycles. The molecule has 2 heterocycles. The highest BCUT2D eigenvalue weighted by atomic mass is 16.2. The summed E-state index contributed by atoms with van der Waals surface area (Å²) in [5.41, 5.74) is 1.63. The average Bonchev–Trinajstić information content (AvgIpc) is 3.02. The van der Waals surface area contributed by atoms with Crippen LogP contribution in [0.3, 0.4) is 0 Å². The largest absolute Gasteiger partial charge is 0.340 e. The van der Waals surface area contributed by atoms with E-state index >= 15 is 0 Å². The summed E-state index contributed by atoms with van der Waals surface area (Å²) in [6, 6.07) is 20.7. The zero-order chi connectivity index (χ0) is 23.4. The number of carbonyl (C=O) groups excluding carboxylic acids is 3. The Bertz CT molecular complexity index is 946. The molecule has 2 aromatic rings. The summed E-state index contributed by atoms with van der Waals surface area (Å²) in [6.45, 7) is 6.58. The molecular formula is C26H32N4O3. The highest BCUT2D eigenvalue weighted by Crippen LogP contribution is 2.29. The third kappa shape index (κ3) is 5.09. The van der Waals surface area contributed by atoms with Gasteiger partial charge in [0.1, 0.15) is 5.54 Å². The Kier molecular flexibility index (Phi) is 6.79. The summed E-state index contributed by atoms with van der Waals surface area (Å²) in [6.07, 6.45) is 0.809. The summed E-state index contributed by atoms with van der Waals surface area (Å²) >= 11 is 0. The lowest BCUT2D eigenvalue weighted by atomic mass is 9.96. The number of hydrogen-bond donors (Lipinski definition) is 1. The molecule has 4 rings (SSSR count). The van der Waals surface area contributed by atoms with Crippen molar-refractivity contribution < 1.29 is 14.4 Å². The maximum Gasteiger partial charge on any atom is 0.325 e. The Hall–Kier alpha value is -3.19. The van der Waals surface area contributed by atoms with Crippen LogP contribution in [0.2, 0.25) is 0 Å². The minimum Gasteiger partial charge on any atom is -0.340 e. The molecule has 4 amide bonds. The molecule has 0 bridgehead atoms. The van der Waals surface area contributed by atoms with E-state index in [9.17, 15) is 14.4 Å². The van der Waals surface area contributed by atoms with Gasteiger partial charge in [-0.05, 0) is 31.4 Å². The molecule has 0 aliphatic carbocycles. The van der Waals surface area contributed by atoms with Gasteiger partial charge in [0.2, 0.25) is 5.91 Å². The van der Waals surface area contributed by atoms with Gasteiger partial charge in [-0.1, -0.05) is 60.7 Å². The van der Waals surface area contributed by atoms with Crippen LogP contribution in [0.25, 0.3) is 0 Å². The van der Waals surface area contributed by atoms with E-state index in [0.717, 1.165) is 13.1 Å². The fraction of sp³-hybridized carbons (Fsp3) is 0.423. The van der Waals surface area contributed by atoms with E-state index in [1.807, 2.05) is 17.0 Å². The van der Waals surface area contributed by atoms with Crippen molar-refractivity contribution in [2.45, 2.75) is 38.3 Å². The number of urea groups is 1. The minimum atomic E-state index is -0.870. The van der Waals surface area contributed by atoms with Crippen molar-refractivity contribution in [3.63, 3.8) is 0 Å². The monoisotopic (exact) mass is 448 g/mol. The zero-order valence-electron chi connectivity index (χ0n) is 19.4. The molecule has 0 saturated carbocycles. The van der Waals surface area contributed by atoms with E-state index in [4.69, 9.17) is 0 Å². The topological polar surface area (TPSA) is 73.0 Å². The van der Waals surface area contributed by atoms with Gasteiger partial charge in [0, 0.05) is 39.1 Å².